The summed E-state index contributed by atoms with van der Waals surface area (Å²) >= 11 is 1.57. The largest absolute Gasteiger partial charge is 0.338 e. The van der Waals surface area contributed by atoms with Crippen molar-refractivity contribution in [2.24, 2.45) is 0 Å². The number of anilines is 1. The van der Waals surface area contributed by atoms with Gasteiger partial charge in [-0.2, -0.15) is 0 Å². The van der Waals surface area contributed by atoms with Crippen molar-refractivity contribution in [1.82, 2.24) is 15.3 Å². The van der Waals surface area contributed by atoms with Crippen molar-refractivity contribution >= 4 is 23.1 Å². The van der Waals surface area contributed by atoms with Crippen LogP contribution in [0.25, 0.3) is 10.6 Å². The molecule has 0 saturated heterocycles. The number of rotatable bonds is 5. The van der Waals surface area contributed by atoms with Crippen LogP contribution in [0.3, 0.4) is 0 Å². The molecule has 0 spiro atoms. The zero-order valence-electron chi connectivity index (χ0n) is 13.3. The number of hydrogen-bond donors (Lipinski definition) is 2. The van der Waals surface area contributed by atoms with Gasteiger partial charge in [0, 0.05) is 41.8 Å². The van der Waals surface area contributed by atoms with Crippen LogP contribution in [0.1, 0.15) is 11.1 Å². The van der Waals surface area contributed by atoms with E-state index in [1.54, 1.807) is 23.7 Å². The number of pyridine rings is 1. The molecule has 2 aromatic heterocycles. The summed E-state index contributed by atoms with van der Waals surface area (Å²) in [4.78, 5) is 20.4. The van der Waals surface area contributed by atoms with Gasteiger partial charge in [0.1, 0.15) is 5.01 Å². The summed E-state index contributed by atoms with van der Waals surface area (Å²) in [5.74, 6) is 0. The van der Waals surface area contributed by atoms with Crippen LogP contribution in [0.15, 0.2) is 54.3 Å². The Balaban J connectivity index is 1.54. The number of nitrogens with zero attached hydrogens (tertiary/aromatic N) is 2. The van der Waals surface area contributed by atoms with Crippen molar-refractivity contribution in [3.05, 3.63) is 65.4 Å². The topological polar surface area (TPSA) is 66.9 Å². The summed E-state index contributed by atoms with van der Waals surface area (Å²) in [6.45, 7) is 2.59. The Morgan fingerprint density at radius 1 is 1.25 bits per heavy atom. The number of aromatic nitrogens is 2. The Morgan fingerprint density at radius 3 is 2.96 bits per heavy atom. The average Bonchev–Trinajstić information content (AvgIpc) is 3.11. The maximum Gasteiger partial charge on any atom is 0.319 e. The van der Waals surface area contributed by atoms with Crippen LogP contribution in [0.5, 0.6) is 0 Å². The third-order valence-electron chi connectivity index (χ3n) is 3.62. The Hall–Kier alpha value is -2.73. The molecule has 0 atom stereocenters. The number of hydrogen-bond acceptors (Lipinski definition) is 4. The first-order valence-electron chi connectivity index (χ1n) is 7.66. The molecule has 5 nitrogen and oxygen atoms in total. The first-order chi connectivity index (χ1) is 11.7. The zero-order chi connectivity index (χ0) is 16.8. The summed E-state index contributed by atoms with van der Waals surface area (Å²) < 4.78 is 0. The number of aryl methyl sites for hydroxylation is 1. The fourth-order valence-electron chi connectivity index (χ4n) is 2.36. The van der Waals surface area contributed by atoms with Crippen molar-refractivity contribution in [3.63, 3.8) is 0 Å². The first kappa shape index (κ1) is 16.1. The van der Waals surface area contributed by atoms with E-state index >= 15 is 0 Å². The molecule has 3 aromatic rings. The average molecular weight is 338 g/mol. The van der Waals surface area contributed by atoms with Crippen LogP contribution >= 0.6 is 11.3 Å². The van der Waals surface area contributed by atoms with Crippen LogP contribution in [0, 0.1) is 6.92 Å². The minimum absolute atomic E-state index is 0.210. The smallest absolute Gasteiger partial charge is 0.319 e. The van der Waals surface area contributed by atoms with E-state index in [4.69, 9.17) is 0 Å². The number of nitrogens with one attached hydrogen (secondary N) is 2. The molecule has 0 unspecified atom stereocenters. The molecule has 0 radical (unpaired) electrons. The van der Waals surface area contributed by atoms with Crippen molar-refractivity contribution < 1.29 is 4.79 Å². The second kappa shape index (κ2) is 7.70. The van der Waals surface area contributed by atoms with E-state index in [2.05, 4.69) is 20.6 Å². The third-order valence-corrected chi connectivity index (χ3v) is 4.44. The molecule has 0 aliphatic heterocycles. The summed E-state index contributed by atoms with van der Waals surface area (Å²) in [6, 6.07) is 9.44. The highest BCUT2D eigenvalue weighted by Gasteiger charge is 2.05. The van der Waals surface area contributed by atoms with Gasteiger partial charge in [-0.3, -0.25) is 4.98 Å². The third kappa shape index (κ3) is 4.17. The standard InChI is InChI=1S/C18H18N4OS/c1-13-12-19-7-5-14(13)6-8-21-18(23)22-16-4-2-3-15(11-16)17-20-9-10-24-17/h2-5,7,9-12H,6,8H2,1H3,(H2,21,22,23). The van der Waals surface area contributed by atoms with E-state index in [0.29, 0.717) is 6.54 Å². The monoisotopic (exact) mass is 338 g/mol. The molecule has 6 heteroatoms. The molecule has 0 fully saturated rings. The van der Waals surface area contributed by atoms with E-state index in [9.17, 15) is 4.79 Å². The summed E-state index contributed by atoms with van der Waals surface area (Å²) in [5, 5.41) is 8.61. The predicted molar refractivity (Wildman–Crippen MR) is 97.2 cm³/mol. The van der Waals surface area contributed by atoms with E-state index in [-0.39, 0.29) is 6.03 Å². The molecule has 3 rings (SSSR count). The second-order valence-electron chi connectivity index (χ2n) is 5.35. The number of thiazole rings is 1. The van der Waals surface area contributed by atoms with Gasteiger partial charge in [0.05, 0.1) is 0 Å². The summed E-state index contributed by atoms with van der Waals surface area (Å²) in [6.07, 6.45) is 6.15. The van der Waals surface area contributed by atoms with Gasteiger partial charge in [0.15, 0.2) is 0 Å². The van der Waals surface area contributed by atoms with E-state index < -0.39 is 0 Å². The maximum absolute atomic E-state index is 12.0. The van der Waals surface area contributed by atoms with Crippen molar-refractivity contribution in [1.29, 1.82) is 0 Å². The van der Waals surface area contributed by atoms with Gasteiger partial charge in [0.2, 0.25) is 0 Å². The fraction of sp³-hybridized carbons (Fsp3) is 0.167. The molecule has 0 aliphatic carbocycles. The Bertz CT molecular complexity index is 817. The highest BCUT2D eigenvalue weighted by molar-refractivity contribution is 7.13. The SMILES string of the molecule is Cc1cnccc1CCNC(=O)Nc1cccc(-c2nccs2)c1. The molecule has 2 N–H and O–H groups in total. The molecule has 0 aliphatic rings. The van der Waals surface area contributed by atoms with E-state index in [0.717, 1.165) is 28.2 Å². The lowest BCUT2D eigenvalue weighted by Crippen LogP contribution is -2.30. The lowest BCUT2D eigenvalue weighted by Gasteiger charge is -2.09. The predicted octanol–water partition coefficient (Wildman–Crippen LogP) is 3.88. The molecular weight excluding hydrogens is 320 g/mol. The second-order valence-corrected chi connectivity index (χ2v) is 6.25. The number of carbonyl (C=O) groups is 1. The van der Waals surface area contributed by atoms with Crippen LogP contribution in [0.2, 0.25) is 0 Å². The maximum atomic E-state index is 12.0. The zero-order valence-corrected chi connectivity index (χ0v) is 14.1. The fourth-order valence-corrected chi connectivity index (χ4v) is 3.00. The molecule has 1 aromatic carbocycles. The Morgan fingerprint density at radius 2 is 2.17 bits per heavy atom. The minimum Gasteiger partial charge on any atom is -0.338 e. The first-order valence-corrected chi connectivity index (χ1v) is 8.54. The lowest BCUT2D eigenvalue weighted by atomic mass is 10.1. The van der Waals surface area contributed by atoms with Crippen LogP contribution in [-0.2, 0) is 6.42 Å². The highest BCUT2D eigenvalue weighted by Crippen LogP contribution is 2.24. The van der Waals surface area contributed by atoms with E-state index in [1.807, 2.05) is 48.8 Å². The van der Waals surface area contributed by atoms with Crippen molar-refractivity contribution in [2.45, 2.75) is 13.3 Å². The quantitative estimate of drug-likeness (QED) is 0.742. The minimum atomic E-state index is -0.210. The lowest BCUT2D eigenvalue weighted by molar-refractivity contribution is 0.252. The van der Waals surface area contributed by atoms with Gasteiger partial charge in [0.25, 0.3) is 0 Å². The van der Waals surface area contributed by atoms with Gasteiger partial charge >= 0.3 is 6.03 Å². The molecule has 2 heterocycles. The molecule has 0 bridgehead atoms. The number of amides is 2. The van der Waals surface area contributed by atoms with Crippen LogP contribution < -0.4 is 10.6 Å². The normalized spacial score (nSPS) is 10.4. The Kier molecular flexibility index (Phi) is 5.18. The molecular formula is C18H18N4OS. The van der Waals surface area contributed by atoms with E-state index in [1.165, 1.54) is 5.56 Å². The van der Waals surface area contributed by atoms with Gasteiger partial charge in [-0.15, -0.1) is 11.3 Å². The van der Waals surface area contributed by atoms with Crippen molar-refractivity contribution in [3.8, 4) is 10.6 Å². The number of carbonyl (C=O) groups excluding carboxylic acids is 1. The van der Waals surface area contributed by atoms with Gasteiger partial charge < -0.3 is 10.6 Å². The molecule has 2 amide bonds. The highest BCUT2D eigenvalue weighted by atomic mass is 32.1. The molecule has 24 heavy (non-hydrogen) atoms. The molecule has 122 valence electrons. The number of urea groups is 1. The van der Waals surface area contributed by atoms with Crippen LogP contribution in [0.4, 0.5) is 10.5 Å². The summed E-state index contributed by atoms with van der Waals surface area (Å²) in [7, 11) is 0. The van der Waals surface area contributed by atoms with Gasteiger partial charge in [-0.05, 0) is 42.7 Å². The van der Waals surface area contributed by atoms with Crippen molar-refractivity contribution in [2.75, 3.05) is 11.9 Å². The summed E-state index contributed by atoms with van der Waals surface area (Å²) in [5.41, 5.74) is 4.07. The molecule has 0 saturated carbocycles. The van der Waals surface area contributed by atoms with Gasteiger partial charge in [-0.1, -0.05) is 12.1 Å². The Labute approximate surface area is 144 Å². The number of benzene rings is 1. The van der Waals surface area contributed by atoms with Crippen LogP contribution in [-0.4, -0.2) is 22.5 Å². The van der Waals surface area contributed by atoms with Gasteiger partial charge in [-0.25, -0.2) is 9.78 Å².